The van der Waals surface area contributed by atoms with Crippen LogP contribution in [-0.2, 0) is 6.80 Å². The maximum absolute atomic E-state index is 11.9. The Morgan fingerprint density at radius 2 is 2.40 bits per heavy atom. The number of hydrogen-bond donors (Lipinski definition) is 2. The van der Waals surface area contributed by atoms with Gasteiger partial charge in [-0.3, -0.25) is 0 Å². The fraction of sp³-hybridized carbons (Fsp3) is 0.250. The van der Waals surface area contributed by atoms with Crippen molar-refractivity contribution < 1.29 is 14.4 Å². The lowest BCUT2D eigenvalue weighted by molar-refractivity contribution is 0.347. The number of alkyl halides is 1. The van der Waals surface area contributed by atoms with E-state index in [2.05, 4.69) is 5.10 Å². The number of aromatic nitrogens is 2. The van der Waals surface area contributed by atoms with E-state index in [4.69, 9.17) is 10.0 Å². The van der Waals surface area contributed by atoms with Crippen LogP contribution >= 0.6 is 0 Å². The SMILES string of the molecule is OB(O)c1ccnn1CF. The van der Waals surface area contributed by atoms with E-state index < -0.39 is 13.9 Å². The normalized spacial score (nSPS) is 9.90. The van der Waals surface area contributed by atoms with Crippen LogP contribution in [0.1, 0.15) is 0 Å². The van der Waals surface area contributed by atoms with Crippen molar-refractivity contribution in [2.24, 2.45) is 0 Å². The van der Waals surface area contributed by atoms with Gasteiger partial charge in [0.05, 0.1) is 5.59 Å². The zero-order chi connectivity index (χ0) is 7.56. The highest BCUT2D eigenvalue weighted by molar-refractivity contribution is 6.57. The molecule has 0 radical (unpaired) electrons. The minimum absolute atomic E-state index is 0.0579. The third-order valence-electron chi connectivity index (χ3n) is 1.13. The van der Waals surface area contributed by atoms with E-state index in [1.54, 1.807) is 0 Å². The zero-order valence-electron chi connectivity index (χ0n) is 5.11. The van der Waals surface area contributed by atoms with Crippen molar-refractivity contribution in [2.45, 2.75) is 6.80 Å². The van der Waals surface area contributed by atoms with E-state index in [0.29, 0.717) is 0 Å². The van der Waals surface area contributed by atoms with E-state index >= 15 is 0 Å². The molecule has 1 rings (SSSR count). The molecule has 0 aromatic carbocycles. The highest BCUT2D eigenvalue weighted by Gasteiger charge is 2.15. The van der Waals surface area contributed by atoms with Crippen LogP contribution in [0.25, 0.3) is 0 Å². The number of nitrogens with zero attached hydrogens (tertiary/aromatic N) is 2. The van der Waals surface area contributed by atoms with Gasteiger partial charge < -0.3 is 10.0 Å². The molecule has 0 unspecified atom stereocenters. The van der Waals surface area contributed by atoms with Gasteiger partial charge in [0.25, 0.3) is 0 Å². The fourth-order valence-corrected chi connectivity index (χ4v) is 0.662. The third-order valence-corrected chi connectivity index (χ3v) is 1.13. The molecule has 0 spiro atoms. The Balaban J connectivity index is 2.90. The summed E-state index contributed by atoms with van der Waals surface area (Å²) in [5.74, 6) is 0. The van der Waals surface area contributed by atoms with Gasteiger partial charge in [0.15, 0.2) is 6.80 Å². The summed E-state index contributed by atoms with van der Waals surface area (Å²) in [5, 5.41) is 20.6. The Morgan fingerprint density at radius 3 is 2.80 bits per heavy atom. The molecule has 0 bridgehead atoms. The van der Waals surface area contributed by atoms with Gasteiger partial charge in [-0.05, 0) is 6.07 Å². The topological polar surface area (TPSA) is 58.3 Å². The smallest absolute Gasteiger partial charge is 0.422 e. The molecule has 1 aromatic heterocycles. The molecule has 0 saturated carbocycles. The van der Waals surface area contributed by atoms with Gasteiger partial charge in [0.2, 0.25) is 0 Å². The van der Waals surface area contributed by atoms with Crippen molar-refractivity contribution in [1.29, 1.82) is 0 Å². The van der Waals surface area contributed by atoms with Gasteiger partial charge in [-0.25, -0.2) is 9.07 Å². The van der Waals surface area contributed by atoms with Crippen LogP contribution in [0, 0.1) is 0 Å². The number of halogens is 1. The molecule has 0 saturated heterocycles. The van der Waals surface area contributed by atoms with E-state index in [9.17, 15) is 4.39 Å². The maximum Gasteiger partial charge on any atom is 0.507 e. The first-order valence-electron chi connectivity index (χ1n) is 2.69. The van der Waals surface area contributed by atoms with Crippen LogP contribution in [0.4, 0.5) is 4.39 Å². The Bertz CT molecular complexity index is 215. The third kappa shape index (κ3) is 1.17. The van der Waals surface area contributed by atoms with Crippen LogP contribution in [-0.4, -0.2) is 26.9 Å². The second-order valence-electron chi connectivity index (χ2n) is 1.75. The van der Waals surface area contributed by atoms with Crippen LogP contribution in [0.2, 0.25) is 0 Å². The maximum atomic E-state index is 11.9. The van der Waals surface area contributed by atoms with Crippen molar-refractivity contribution in [3.8, 4) is 0 Å². The quantitative estimate of drug-likeness (QED) is 0.496. The Hall–Kier alpha value is -0.875. The molecular formula is C4H6BFN2O2. The minimum Gasteiger partial charge on any atom is -0.422 e. The first kappa shape index (κ1) is 7.23. The standard InChI is InChI=1S/C4H6BFN2O2/c6-3-8-4(5(9)10)1-2-7-8/h1-2,9-10H,3H2. The van der Waals surface area contributed by atoms with Crippen LogP contribution in [0.3, 0.4) is 0 Å². The number of rotatable bonds is 2. The molecular weight excluding hydrogens is 138 g/mol. The highest BCUT2D eigenvalue weighted by Crippen LogP contribution is 1.83. The molecule has 54 valence electrons. The summed E-state index contributed by atoms with van der Waals surface area (Å²) in [6.07, 6.45) is 1.30. The highest BCUT2D eigenvalue weighted by atomic mass is 19.1. The summed E-state index contributed by atoms with van der Waals surface area (Å²) in [4.78, 5) is 0. The summed E-state index contributed by atoms with van der Waals surface area (Å²) < 4.78 is 12.7. The molecule has 4 nitrogen and oxygen atoms in total. The summed E-state index contributed by atoms with van der Waals surface area (Å²) in [7, 11) is -1.65. The van der Waals surface area contributed by atoms with Gasteiger partial charge in [0.1, 0.15) is 0 Å². The van der Waals surface area contributed by atoms with E-state index in [1.165, 1.54) is 12.3 Å². The lowest BCUT2D eigenvalue weighted by atomic mass is 9.86. The molecule has 0 aliphatic carbocycles. The van der Waals surface area contributed by atoms with E-state index in [0.717, 1.165) is 4.68 Å². The average molecular weight is 144 g/mol. The van der Waals surface area contributed by atoms with E-state index in [-0.39, 0.29) is 5.59 Å². The molecule has 0 amide bonds. The molecule has 6 heteroatoms. The van der Waals surface area contributed by atoms with Crippen molar-refractivity contribution in [1.82, 2.24) is 9.78 Å². The van der Waals surface area contributed by atoms with Crippen LogP contribution < -0.4 is 5.59 Å². The molecule has 0 aliphatic rings. The van der Waals surface area contributed by atoms with Crippen LogP contribution in [0.5, 0.6) is 0 Å². The second kappa shape index (κ2) is 2.81. The van der Waals surface area contributed by atoms with Crippen molar-refractivity contribution in [3.05, 3.63) is 12.3 Å². The lowest BCUT2D eigenvalue weighted by Gasteiger charge is -1.98. The Morgan fingerprint density at radius 1 is 1.70 bits per heavy atom. The predicted molar refractivity (Wildman–Crippen MR) is 33.2 cm³/mol. The van der Waals surface area contributed by atoms with Gasteiger partial charge >= 0.3 is 7.12 Å². The molecule has 0 fully saturated rings. The first-order chi connectivity index (χ1) is 4.75. The lowest BCUT2D eigenvalue weighted by Crippen LogP contribution is -2.36. The molecule has 1 aromatic rings. The van der Waals surface area contributed by atoms with Crippen molar-refractivity contribution >= 4 is 12.7 Å². The zero-order valence-corrected chi connectivity index (χ0v) is 5.11. The van der Waals surface area contributed by atoms with Gasteiger partial charge in [-0.1, -0.05) is 0 Å². The summed E-state index contributed by atoms with van der Waals surface area (Å²) in [5.41, 5.74) is 0.0579. The van der Waals surface area contributed by atoms with Crippen molar-refractivity contribution in [2.75, 3.05) is 0 Å². The largest absolute Gasteiger partial charge is 0.507 e. The monoisotopic (exact) mass is 144 g/mol. The van der Waals surface area contributed by atoms with Crippen molar-refractivity contribution in [3.63, 3.8) is 0 Å². The Labute approximate surface area is 57.1 Å². The van der Waals surface area contributed by atoms with Gasteiger partial charge in [0, 0.05) is 6.20 Å². The predicted octanol–water partition coefficient (Wildman–Crippen LogP) is -1.51. The molecule has 2 N–H and O–H groups in total. The molecule has 10 heavy (non-hydrogen) atoms. The second-order valence-corrected chi connectivity index (χ2v) is 1.75. The molecule has 0 atom stereocenters. The Kier molecular flexibility index (Phi) is 2.03. The average Bonchev–Trinajstić information content (AvgIpc) is 2.33. The minimum atomic E-state index is -1.65. The van der Waals surface area contributed by atoms with E-state index in [1.807, 2.05) is 0 Å². The first-order valence-corrected chi connectivity index (χ1v) is 2.69. The number of hydrogen-bond acceptors (Lipinski definition) is 3. The molecule has 0 aliphatic heterocycles. The van der Waals surface area contributed by atoms with Crippen LogP contribution in [0.15, 0.2) is 12.3 Å². The molecule has 1 heterocycles. The summed E-state index contributed by atoms with van der Waals surface area (Å²) in [6.45, 7) is -0.847. The summed E-state index contributed by atoms with van der Waals surface area (Å²) >= 11 is 0. The van der Waals surface area contributed by atoms with Gasteiger partial charge in [-0.15, -0.1) is 0 Å². The fourth-order valence-electron chi connectivity index (χ4n) is 0.662. The summed E-state index contributed by atoms with van der Waals surface area (Å²) in [6, 6.07) is 1.34. The van der Waals surface area contributed by atoms with Gasteiger partial charge in [-0.2, -0.15) is 5.10 Å².